The second kappa shape index (κ2) is 6.21. The molecule has 0 heterocycles. The van der Waals surface area contributed by atoms with E-state index in [1.165, 1.54) is 12.8 Å². The van der Waals surface area contributed by atoms with Crippen LogP contribution in [0.1, 0.15) is 40.0 Å². The van der Waals surface area contributed by atoms with Crippen LogP contribution in [0.25, 0.3) is 0 Å². The summed E-state index contributed by atoms with van der Waals surface area (Å²) in [4.78, 5) is 14.1. The molecule has 1 saturated carbocycles. The molecule has 0 aliphatic heterocycles. The minimum absolute atomic E-state index is 0.115. The number of hydrogen-bond donors (Lipinski definition) is 2. The summed E-state index contributed by atoms with van der Waals surface area (Å²) in [6.07, 6.45) is 3.05. The quantitative estimate of drug-likeness (QED) is 0.673. The van der Waals surface area contributed by atoms with Crippen LogP contribution in [0.2, 0.25) is 0 Å². The van der Waals surface area contributed by atoms with Crippen LogP contribution < -0.4 is 11.1 Å². The third-order valence-corrected chi connectivity index (χ3v) is 2.99. The standard InChI is InChI=1S/C12H25N3O/c1-4-15(10-5-6-10)11(8-13)7-12(16)14-9(2)3/h9-11H,4-8,13H2,1-3H3,(H,14,16). The fourth-order valence-corrected chi connectivity index (χ4v) is 2.15. The van der Waals surface area contributed by atoms with Crippen molar-refractivity contribution in [2.45, 2.75) is 58.2 Å². The third-order valence-electron chi connectivity index (χ3n) is 2.99. The lowest BCUT2D eigenvalue weighted by molar-refractivity contribution is -0.122. The zero-order chi connectivity index (χ0) is 12.1. The highest BCUT2D eigenvalue weighted by Gasteiger charge is 2.33. The van der Waals surface area contributed by atoms with Crippen LogP contribution in [0.15, 0.2) is 0 Å². The van der Waals surface area contributed by atoms with Crippen molar-refractivity contribution in [3.05, 3.63) is 0 Å². The fraction of sp³-hybridized carbons (Fsp3) is 0.917. The zero-order valence-corrected chi connectivity index (χ0v) is 10.7. The van der Waals surface area contributed by atoms with E-state index in [9.17, 15) is 4.79 Å². The molecule has 0 aromatic rings. The van der Waals surface area contributed by atoms with Crippen LogP contribution in [-0.2, 0) is 4.79 Å². The number of rotatable bonds is 7. The lowest BCUT2D eigenvalue weighted by atomic mass is 10.1. The van der Waals surface area contributed by atoms with E-state index >= 15 is 0 Å². The molecule has 0 aromatic carbocycles. The van der Waals surface area contributed by atoms with Gasteiger partial charge >= 0.3 is 0 Å². The molecular weight excluding hydrogens is 202 g/mol. The summed E-state index contributed by atoms with van der Waals surface area (Å²) >= 11 is 0. The van der Waals surface area contributed by atoms with E-state index in [1.807, 2.05) is 13.8 Å². The maximum Gasteiger partial charge on any atom is 0.221 e. The van der Waals surface area contributed by atoms with E-state index in [0.29, 0.717) is 19.0 Å². The molecule has 16 heavy (non-hydrogen) atoms. The van der Waals surface area contributed by atoms with Gasteiger partial charge in [0, 0.05) is 31.1 Å². The van der Waals surface area contributed by atoms with Crippen molar-refractivity contribution < 1.29 is 4.79 Å². The summed E-state index contributed by atoms with van der Waals surface area (Å²) in [5.74, 6) is 0.115. The molecule has 1 amide bonds. The largest absolute Gasteiger partial charge is 0.354 e. The van der Waals surface area contributed by atoms with Gasteiger partial charge in [-0.05, 0) is 33.2 Å². The average molecular weight is 227 g/mol. The molecule has 1 aliphatic rings. The topological polar surface area (TPSA) is 58.4 Å². The molecule has 3 N–H and O–H groups in total. The van der Waals surface area contributed by atoms with E-state index in [-0.39, 0.29) is 18.0 Å². The van der Waals surface area contributed by atoms with Crippen molar-refractivity contribution in [3.8, 4) is 0 Å². The average Bonchev–Trinajstić information content (AvgIpc) is 3.00. The third kappa shape index (κ3) is 4.10. The molecule has 94 valence electrons. The first-order chi connectivity index (χ1) is 7.58. The second-order valence-corrected chi connectivity index (χ2v) is 4.88. The Kier molecular flexibility index (Phi) is 5.22. The Morgan fingerprint density at radius 1 is 1.50 bits per heavy atom. The molecule has 1 aliphatic carbocycles. The molecule has 0 saturated heterocycles. The van der Waals surface area contributed by atoms with E-state index in [2.05, 4.69) is 17.1 Å². The van der Waals surface area contributed by atoms with Crippen LogP contribution in [0.3, 0.4) is 0 Å². The normalized spacial score (nSPS) is 17.9. The first-order valence-corrected chi connectivity index (χ1v) is 6.33. The number of nitrogens with one attached hydrogen (secondary N) is 1. The number of likely N-dealkylation sites (N-methyl/N-ethyl adjacent to an activating group) is 1. The van der Waals surface area contributed by atoms with Crippen molar-refractivity contribution in [2.75, 3.05) is 13.1 Å². The summed E-state index contributed by atoms with van der Waals surface area (Å²) in [7, 11) is 0. The van der Waals surface area contributed by atoms with Crippen LogP contribution in [0, 0.1) is 0 Å². The number of nitrogens with zero attached hydrogens (tertiary/aromatic N) is 1. The van der Waals surface area contributed by atoms with E-state index in [1.54, 1.807) is 0 Å². The van der Waals surface area contributed by atoms with Crippen molar-refractivity contribution in [1.82, 2.24) is 10.2 Å². The van der Waals surface area contributed by atoms with Gasteiger partial charge in [0.1, 0.15) is 0 Å². The minimum atomic E-state index is 0.115. The van der Waals surface area contributed by atoms with Crippen molar-refractivity contribution in [1.29, 1.82) is 0 Å². The Morgan fingerprint density at radius 3 is 2.50 bits per heavy atom. The van der Waals surface area contributed by atoms with Crippen LogP contribution >= 0.6 is 0 Å². The smallest absolute Gasteiger partial charge is 0.221 e. The maximum absolute atomic E-state index is 11.7. The molecule has 4 heteroatoms. The second-order valence-electron chi connectivity index (χ2n) is 4.88. The van der Waals surface area contributed by atoms with Gasteiger partial charge < -0.3 is 11.1 Å². The first-order valence-electron chi connectivity index (χ1n) is 6.33. The SMILES string of the molecule is CCN(C1CC1)C(CN)CC(=O)NC(C)C. The summed E-state index contributed by atoms with van der Waals surface area (Å²) < 4.78 is 0. The van der Waals surface area contributed by atoms with E-state index in [4.69, 9.17) is 5.73 Å². The first kappa shape index (κ1) is 13.5. The van der Waals surface area contributed by atoms with Gasteiger partial charge in [-0.2, -0.15) is 0 Å². The summed E-state index contributed by atoms with van der Waals surface area (Å²) in [5.41, 5.74) is 5.77. The fourth-order valence-electron chi connectivity index (χ4n) is 2.15. The molecule has 4 nitrogen and oxygen atoms in total. The van der Waals surface area contributed by atoms with Gasteiger partial charge in [0.05, 0.1) is 0 Å². The lowest BCUT2D eigenvalue weighted by Crippen LogP contribution is -2.45. The monoisotopic (exact) mass is 227 g/mol. The summed E-state index contributed by atoms with van der Waals surface area (Å²) in [5, 5.41) is 2.92. The van der Waals surface area contributed by atoms with Gasteiger partial charge in [0.15, 0.2) is 0 Å². The Balaban J connectivity index is 2.43. The van der Waals surface area contributed by atoms with Gasteiger partial charge in [-0.15, -0.1) is 0 Å². The number of nitrogens with two attached hydrogens (primary N) is 1. The maximum atomic E-state index is 11.7. The molecular formula is C12H25N3O. The van der Waals surface area contributed by atoms with Gasteiger partial charge in [-0.25, -0.2) is 0 Å². The number of hydrogen-bond acceptors (Lipinski definition) is 3. The Labute approximate surface area is 98.6 Å². The number of amides is 1. The van der Waals surface area contributed by atoms with E-state index in [0.717, 1.165) is 6.54 Å². The van der Waals surface area contributed by atoms with Crippen LogP contribution in [0.4, 0.5) is 0 Å². The molecule has 0 radical (unpaired) electrons. The van der Waals surface area contributed by atoms with Gasteiger partial charge in [0.2, 0.25) is 5.91 Å². The highest BCUT2D eigenvalue weighted by Crippen LogP contribution is 2.28. The molecule has 1 atom stereocenters. The predicted octanol–water partition coefficient (Wildman–Crippen LogP) is 0.713. The molecule has 1 unspecified atom stereocenters. The highest BCUT2D eigenvalue weighted by molar-refractivity contribution is 5.76. The molecule has 1 rings (SSSR count). The molecule has 0 bridgehead atoms. The molecule has 0 spiro atoms. The highest BCUT2D eigenvalue weighted by atomic mass is 16.1. The lowest BCUT2D eigenvalue weighted by Gasteiger charge is -2.29. The van der Waals surface area contributed by atoms with Gasteiger partial charge in [0.25, 0.3) is 0 Å². The molecule has 1 fully saturated rings. The molecule has 0 aromatic heterocycles. The Morgan fingerprint density at radius 2 is 2.12 bits per heavy atom. The van der Waals surface area contributed by atoms with Gasteiger partial charge in [-0.3, -0.25) is 9.69 Å². The van der Waals surface area contributed by atoms with Crippen molar-refractivity contribution in [2.24, 2.45) is 5.73 Å². The Bertz CT molecular complexity index is 226. The van der Waals surface area contributed by atoms with Crippen LogP contribution in [0.5, 0.6) is 0 Å². The Hall–Kier alpha value is -0.610. The number of carbonyl (C=O) groups is 1. The van der Waals surface area contributed by atoms with Gasteiger partial charge in [-0.1, -0.05) is 6.92 Å². The minimum Gasteiger partial charge on any atom is -0.354 e. The van der Waals surface area contributed by atoms with Crippen molar-refractivity contribution >= 4 is 5.91 Å². The van der Waals surface area contributed by atoms with E-state index < -0.39 is 0 Å². The zero-order valence-electron chi connectivity index (χ0n) is 10.7. The summed E-state index contributed by atoms with van der Waals surface area (Å²) in [6, 6.07) is 1.09. The number of carbonyl (C=O) groups excluding carboxylic acids is 1. The van der Waals surface area contributed by atoms with Crippen LogP contribution in [-0.4, -0.2) is 42.0 Å². The predicted molar refractivity (Wildman–Crippen MR) is 66.1 cm³/mol. The van der Waals surface area contributed by atoms with Crippen molar-refractivity contribution in [3.63, 3.8) is 0 Å². The summed E-state index contributed by atoms with van der Waals surface area (Å²) in [6.45, 7) is 7.65.